The Kier molecular flexibility index (Phi) is 5.47. The summed E-state index contributed by atoms with van der Waals surface area (Å²) < 4.78 is 28.5. The van der Waals surface area contributed by atoms with E-state index in [0.29, 0.717) is 31.3 Å². The first-order chi connectivity index (χ1) is 10.2. The molecule has 0 bridgehead atoms. The predicted octanol–water partition coefficient (Wildman–Crippen LogP) is 1.70. The van der Waals surface area contributed by atoms with Crippen LogP contribution in [0.15, 0.2) is 22.6 Å². The highest BCUT2D eigenvalue weighted by atomic mass is 19.1. The lowest BCUT2D eigenvalue weighted by molar-refractivity contribution is 0.198. The first-order valence-electron chi connectivity index (χ1n) is 6.35. The SMILES string of the molecule is COCCNCc1nnc(Nc2ccc(F)c(OC)c2)o1. The van der Waals surface area contributed by atoms with Crippen LogP contribution in [0.25, 0.3) is 0 Å². The van der Waals surface area contributed by atoms with Gasteiger partial charge in [-0.05, 0) is 12.1 Å². The van der Waals surface area contributed by atoms with Crippen LogP contribution in [0.3, 0.4) is 0 Å². The maximum absolute atomic E-state index is 13.3. The Hall–Kier alpha value is -2.19. The fourth-order valence-corrected chi connectivity index (χ4v) is 1.61. The van der Waals surface area contributed by atoms with Crippen molar-refractivity contribution in [3.8, 4) is 5.75 Å². The molecule has 7 nitrogen and oxygen atoms in total. The molecule has 8 heteroatoms. The van der Waals surface area contributed by atoms with Crippen LogP contribution >= 0.6 is 0 Å². The zero-order valence-corrected chi connectivity index (χ0v) is 11.9. The smallest absolute Gasteiger partial charge is 0.320 e. The van der Waals surface area contributed by atoms with Gasteiger partial charge in [-0.15, -0.1) is 5.10 Å². The number of benzene rings is 1. The molecule has 0 saturated carbocycles. The van der Waals surface area contributed by atoms with Crippen molar-refractivity contribution in [3.05, 3.63) is 29.9 Å². The molecular formula is C13H17FN4O3. The molecule has 21 heavy (non-hydrogen) atoms. The molecule has 0 radical (unpaired) electrons. The molecule has 1 aromatic carbocycles. The standard InChI is InChI=1S/C13H17FN4O3/c1-19-6-5-15-8-12-17-18-13(21-12)16-9-3-4-10(14)11(7-9)20-2/h3-4,7,15H,5-6,8H2,1-2H3,(H,16,18). The summed E-state index contributed by atoms with van der Waals surface area (Å²) in [7, 11) is 3.03. The summed E-state index contributed by atoms with van der Waals surface area (Å²) >= 11 is 0. The van der Waals surface area contributed by atoms with E-state index >= 15 is 0 Å². The molecule has 1 aromatic heterocycles. The summed E-state index contributed by atoms with van der Waals surface area (Å²) in [4.78, 5) is 0. The van der Waals surface area contributed by atoms with Gasteiger partial charge in [0.05, 0.1) is 20.3 Å². The van der Waals surface area contributed by atoms with E-state index in [1.165, 1.54) is 19.2 Å². The maximum atomic E-state index is 13.3. The van der Waals surface area contributed by atoms with Gasteiger partial charge >= 0.3 is 6.01 Å². The Labute approximate surface area is 121 Å². The minimum absolute atomic E-state index is 0.140. The lowest BCUT2D eigenvalue weighted by Gasteiger charge is -2.05. The lowest BCUT2D eigenvalue weighted by atomic mass is 10.3. The Morgan fingerprint density at radius 2 is 2.14 bits per heavy atom. The van der Waals surface area contributed by atoms with Crippen molar-refractivity contribution in [3.63, 3.8) is 0 Å². The van der Waals surface area contributed by atoms with Crippen molar-refractivity contribution in [2.75, 3.05) is 32.7 Å². The van der Waals surface area contributed by atoms with Crippen LogP contribution in [0.2, 0.25) is 0 Å². The van der Waals surface area contributed by atoms with Gasteiger partial charge in [-0.25, -0.2) is 4.39 Å². The molecule has 0 atom stereocenters. The Balaban J connectivity index is 1.92. The van der Waals surface area contributed by atoms with Gasteiger partial charge in [0.15, 0.2) is 11.6 Å². The van der Waals surface area contributed by atoms with E-state index in [9.17, 15) is 4.39 Å². The fraction of sp³-hybridized carbons (Fsp3) is 0.385. The van der Waals surface area contributed by atoms with E-state index < -0.39 is 5.82 Å². The minimum Gasteiger partial charge on any atom is -0.494 e. The molecule has 0 unspecified atom stereocenters. The van der Waals surface area contributed by atoms with Gasteiger partial charge in [0.2, 0.25) is 5.89 Å². The summed E-state index contributed by atoms with van der Waals surface area (Å²) in [5.41, 5.74) is 0.593. The number of methoxy groups -OCH3 is 2. The van der Waals surface area contributed by atoms with Crippen molar-refractivity contribution in [1.29, 1.82) is 0 Å². The second kappa shape index (κ2) is 7.55. The third kappa shape index (κ3) is 4.40. The highest BCUT2D eigenvalue weighted by Crippen LogP contribution is 2.23. The van der Waals surface area contributed by atoms with E-state index in [2.05, 4.69) is 20.8 Å². The summed E-state index contributed by atoms with van der Waals surface area (Å²) in [6, 6.07) is 4.59. The number of nitrogens with one attached hydrogen (secondary N) is 2. The zero-order valence-electron chi connectivity index (χ0n) is 11.9. The number of hydrogen-bond acceptors (Lipinski definition) is 7. The number of anilines is 2. The molecule has 114 valence electrons. The lowest BCUT2D eigenvalue weighted by Crippen LogP contribution is -2.18. The third-order valence-corrected chi connectivity index (χ3v) is 2.63. The zero-order chi connectivity index (χ0) is 15.1. The molecule has 2 rings (SSSR count). The van der Waals surface area contributed by atoms with Crippen LogP contribution < -0.4 is 15.4 Å². The number of ether oxygens (including phenoxy) is 2. The fourth-order valence-electron chi connectivity index (χ4n) is 1.61. The Morgan fingerprint density at radius 1 is 1.29 bits per heavy atom. The quantitative estimate of drug-likeness (QED) is 0.717. The molecule has 2 aromatic rings. The van der Waals surface area contributed by atoms with E-state index in [4.69, 9.17) is 13.9 Å². The predicted molar refractivity (Wildman–Crippen MR) is 74.1 cm³/mol. The van der Waals surface area contributed by atoms with Gasteiger partial charge in [-0.1, -0.05) is 5.10 Å². The molecule has 0 aliphatic heterocycles. The van der Waals surface area contributed by atoms with Crippen LogP contribution in [0, 0.1) is 5.82 Å². The van der Waals surface area contributed by atoms with Gasteiger partial charge in [0.1, 0.15) is 0 Å². The Morgan fingerprint density at radius 3 is 2.90 bits per heavy atom. The summed E-state index contributed by atoms with van der Waals surface area (Å²) in [5.74, 6) is 0.153. The number of aromatic nitrogens is 2. The van der Waals surface area contributed by atoms with Crippen molar-refractivity contribution < 1.29 is 18.3 Å². The molecule has 0 amide bonds. The average molecular weight is 296 g/mol. The Bertz CT molecular complexity index is 576. The normalized spacial score (nSPS) is 10.6. The first-order valence-corrected chi connectivity index (χ1v) is 6.35. The summed E-state index contributed by atoms with van der Waals surface area (Å²) in [6.07, 6.45) is 0. The number of halogens is 1. The van der Waals surface area contributed by atoms with Gasteiger partial charge in [0, 0.05) is 25.4 Å². The highest BCUT2D eigenvalue weighted by Gasteiger charge is 2.08. The monoisotopic (exact) mass is 296 g/mol. The molecule has 0 aliphatic carbocycles. The van der Waals surface area contributed by atoms with E-state index in [1.54, 1.807) is 13.2 Å². The number of nitrogens with zero attached hydrogens (tertiary/aromatic N) is 2. The van der Waals surface area contributed by atoms with E-state index in [1.807, 2.05) is 0 Å². The van der Waals surface area contributed by atoms with Gasteiger partial charge in [-0.3, -0.25) is 0 Å². The number of rotatable bonds is 8. The van der Waals surface area contributed by atoms with E-state index in [0.717, 1.165) is 0 Å². The second-order valence-corrected chi connectivity index (χ2v) is 4.14. The molecular weight excluding hydrogens is 279 g/mol. The average Bonchev–Trinajstić information content (AvgIpc) is 2.93. The van der Waals surface area contributed by atoms with Crippen LogP contribution in [-0.4, -0.2) is 37.6 Å². The van der Waals surface area contributed by atoms with Gasteiger partial charge in [0.25, 0.3) is 0 Å². The molecule has 0 fully saturated rings. The van der Waals surface area contributed by atoms with Crippen LogP contribution in [0.5, 0.6) is 5.75 Å². The highest BCUT2D eigenvalue weighted by molar-refractivity contribution is 5.55. The molecule has 0 saturated heterocycles. The first kappa shape index (κ1) is 15.2. The van der Waals surface area contributed by atoms with Crippen LogP contribution in [0.4, 0.5) is 16.1 Å². The van der Waals surface area contributed by atoms with Gasteiger partial charge < -0.3 is 24.5 Å². The number of hydrogen-bond donors (Lipinski definition) is 2. The van der Waals surface area contributed by atoms with Crippen LogP contribution in [-0.2, 0) is 11.3 Å². The largest absolute Gasteiger partial charge is 0.494 e. The molecule has 0 spiro atoms. The topological polar surface area (TPSA) is 81.4 Å². The molecule has 2 N–H and O–H groups in total. The molecule has 0 aliphatic rings. The third-order valence-electron chi connectivity index (χ3n) is 2.63. The summed E-state index contributed by atoms with van der Waals surface area (Å²) in [5, 5.41) is 13.7. The van der Waals surface area contributed by atoms with Crippen molar-refractivity contribution in [2.24, 2.45) is 0 Å². The van der Waals surface area contributed by atoms with Gasteiger partial charge in [-0.2, -0.15) is 0 Å². The van der Waals surface area contributed by atoms with Crippen molar-refractivity contribution in [2.45, 2.75) is 6.54 Å². The van der Waals surface area contributed by atoms with E-state index in [-0.39, 0.29) is 11.8 Å². The van der Waals surface area contributed by atoms with Crippen molar-refractivity contribution in [1.82, 2.24) is 15.5 Å². The molecule has 1 heterocycles. The second-order valence-electron chi connectivity index (χ2n) is 4.14. The van der Waals surface area contributed by atoms with Crippen LogP contribution in [0.1, 0.15) is 5.89 Å². The summed E-state index contributed by atoms with van der Waals surface area (Å²) in [6.45, 7) is 1.75. The minimum atomic E-state index is -0.434. The maximum Gasteiger partial charge on any atom is 0.320 e. The van der Waals surface area contributed by atoms with Crippen molar-refractivity contribution >= 4 is 11.7 Å².